The number of aromatic nitrogens is 4. The van der Waals surface area contributed by atoms with E-state index in [1.165, 1.54) is 5.56 Å². The molecular weight excluding hydrogens is 340 g/mol. The van der Waals surface area contributed by atoms with Crippen molar-refractivity contribution >= 4 is 5.82 Å². The fraction of sp³-hybridized carbons (Fsp3) is 0.650. The van der Waals surface area contributed by atoms with Crippen LogP contribution >= 0.6 is 0 Å². The van der Waals surface area contributed by atoms with Gasteiger partial charge in [0.2, 0.25) is 0 Å². The predicted octanol–water partition coefficient (Wildman–Crippen LogP) is 2.01. The predicted molar refractivity (Wildman–Crippen MR) is 105 cm³/mol. The Hall–Kier alpha value is -1.99. The van der Waals surface area contributed by atoms with Crippen molar-refractivity contribution in [2.75, 3.05) is 37.7 Å². The number of likely N-dealkylation sites (tertiary alicyclic amines) is 1. The van der Waals surface area contributed by atoms with Gasteiger partial charge in [-0.15, -0.1) is 0 Å². The second kappa shape index (κ2) is 7.20. The lowest BCUT2D eigenvalue weighted by Crippen LogP contribution is -2.57. The quantitative estimate of drug-likeness (QED) is 0.824. The number of ether oxygens (including phenoxy) is 1. The minimum Gasteiger partial charge on any atom is -0.371 e. The van der Waals surface area contributed by atoms with Gasteiger partial charge in [0.1, 0.15) is 17.5 Å². The van der Waals surface area contributed by atoms with Crippen LogP contribution in [-0.4, -0.2) is 62.8 Å². The molecule has 2 fully saturated rings. The van der Waals surface area contributed by atoms with Crippen molar-refractivity contribution in [1.29, 1.82) is 0 Å². The van der Waals surface area contributed by atoms with E-state index in [2.05, 4.69) is 45.2 Å². The number of piperidine rings is 1. The van der Waals surface area contributed by atoms with Gasteiger partial charge in [-0.3, -0.25) is 4.90 Å². The maximum Gasteiger partial charge on any atom is 0.135 e. The third-order valence-electron chi connectivity index (χ3n) is 6.08. The molecule has 0 N–H and O–H groups in total. The second-order valence-electron chi connectivity index (χ2n) is 7.99. The summed E-state index contributed by atoms with van der Waals surface area (Å²) in [5.41, 5.74) is 2.20. The maximum absolute atomic E-state index is 6.33. The lowest BCUT2D eigenvalue weighted by molar-refractivity contribution is -0.0925. The molecule has 0 aromatic carbocycles. The molecule has 0 saturated carbocycles. The van der Waals surface area contributed by atoms with E-state index in [4.69, 9.17) is 9.72 Å². The molecule has 146 valence electrons. The third-order valence-corrected chi connectivity index (χ3v) is 6.08. The average Bonchev–Trinajstić information content (AvgIpc) is 3.05. The number of rotatable bonds is 3. The van der Waals surface area contributed by atoms with E-state index in [-0.39, 0.29) is 5.60 Å². The fourth-order valence-electron chi connectivity index (χ4n) is 4.25. The van der Waals surface area contributed by atoms with Gasteiger partial charge in [0.15, 0.2) is 0 Å². The lowest BCUT2D eigenvalue weighted by atomic mass is 9.89. The summed E-state index contributed by atoms with van der Waals surface area (Å²) in [6.07, 6.45) is 5.99. The van der Waals surface area contributed by atoms with Gasteiger partial charge >= 0.3 is 0 Å². The van der Waals surface area contributed by atoms with Crippen molar-refractivity contribution < 1.29 is 4.74 Å². The van der Waals surface area contributed by atoms with Gasteiger partial charge in [-0.05, 0) is 33.6 Å². The van der Waals surface area contributed by atoms with Crippen molar-refractivity contribution in [2.24, 2.45) is 7.05 Å². The normalized spacial score (nSPS) is 20.4. The Balaban J connectivity index is 1.44. The molecule has 1 spiro atoms. The molecule has 0 radical (unpaired) electrons. The Bertz CT molecular complexity index is 809. The molecule has 0 unspecified atom stereocenters. The van der Waals surface area contributed by atoms with Crippen LogP contribution in [0.15, 0.2) is 12.4 Å². The average molecular weight is 371 g/mol. The first-order valence-corrected chi connectivity index (χ1v) is 9.85. The first kappa shape index (κ1) is 18.4. The van der Waals surface area contributed by atoms with Crippen molar-refractivity contribution in [2.45, 2.75) is 45.8 Å². The zero-order chi connectivity index (χ0) is 19.0. The molecule has 0 aliphatic carbocycles. The van der Waals surface area contributed by atoms with E-state index in [1.54, 1.807) is 0 Å². The van der Waals surface area contributed by atoms with E-state index in [1.807, 2.05) is 19.3 Å². The molecule has 2 aromatic heterocycles. The number of aryl methyl sites for hydroxylation is 3. The molecule has 2 aliphatic rings. The Morgan fingerprint density at radius 2 is 1.89 bits per heavy atom. The summed E-state index contributed by atoms with van der Waals surface area (Å²) in [6.45, 7) is 11.7. The highest BCUT2D eigenvalue weighted by atomic mass is 16.5. The summed E-state index contributed by atoms with van der Waals surface area (Å²) in [5, 5.41) is 0. The zero-order valence-electron chi connectivity index (χ0n) is 16.9. The molecule has 0 amide bonds. The summed E-state index contributed by atoms with van der Waals surface area (Å²) in [6, 6.07) is 0. The van der Waals surface area contributed by atoms with E-state index >= 15 is 0 Å². The van der Waals surface area contributed by atoms with Gasteiger partial charge in [0.05, 0.1) is 18.8 Å². The van der Waals surface area contributed by atoms with Crippen LogP contribution < -0.4 is 4.90 Å². The SMILES string of the molecule is Cc1nc(C)c(C)c(N2CCOC3(CCN(Cc4nccn4C)CC3)C2)n1. The summed E-state index contributed by atoms with van der Waals surface area (Å²) in [4.78, 5) is 18.6. The van der Waals surface area contributed by atoms with Crippen LogP contribution in [0.25, 0.3) is 0 Å². The Kier molecular flexibility index (Phi) is 4.90. The van der Waals surface area contributed by atoms with Gasteiger partial charge in [-0.1, -0.05) is 0 Å². The van der Waals surface area contributed by atoms with Gasteiger partial charge in [-0.2, -0.15) is 0 Å². The third kappa shape index (κ3) is 3.71. The molecule has 0 atom stereocenters. The van der Waals surface area contributed by atoms with Crippen LogP contribution in [0.2, 0.25) is 0 Å². The molecule has 27 heavy (non-hydrogen) atoms. The summed E-state index contributed by atoms with van der Waals surface area (Å²) >= 11 is 0. The molecule has 7 nitrogen and oxygen atoms in total. The van der Waals surface area contributed by atoms with Crippen LogP contribution in [0.4, 0.5) is 5.82 Å². The molecule has 2 aromatic rings. The van der Waals surface area contributed by atoms with Gasteiger partial charge in [0, 0.05) is 56.9 Å². The highest BCUT2D eigenvalue weighted by Crippen LogP contribution is 2.33. The van der Waals surface area contributed by atoms with Crippen LogP contribution in [0.3, 0.4) is 0 Å². The molecule has 2 aliphatic heterocycles. The molecule has 2 saturated heterocycles. The molecule has 4 rings (SSSR count). The minimum atomic E-state index is -0.0599. The summed E-state index contributed by atoms with van der Waals surface area (Å²) in [5.74, 6) is 3.05. The number of hydrogen-bond acceptors (Lipinski definition) is 6. The van der Waals surface area contributed by atoms with Gasteiger partial charge in [-0.25, -0.2) is 15.0 Å². The molecule has 0 bridgehead atoms. The Morgan fingerprint density at radius 3 is 2.59 bits per heavy atom. The Morgan fingerprint density at radius 1 is 1.11 bits per heavy atom. The van der Waals surface area contributed by atoms with Crippen LogP contribution in [0.1, 0.15) is 35.7 Å². The number of imidazole rings is 1. The second-order valence-corrected chi connectivity index (χ2v) is 7.99. The van der Waals surface area contributed by atoms with Crippen molar-refractivity contribution in [3.63, 3.8) is 0 Å². The summed E-state index contributed by atoms with van der Waals surface area (Å²) < 4.78 is 8.44. The van der Waals surface area contributed by atoms with E-state index in [9.17, 15) is 0 Å². The zero-order valence-corrected chi connectivity index (χ0v) is 16.9. The highest BCUT2D eigenvalue weighted by Gasteiger charge is 2.40. The van der Waals surface area contributed by atoms with E-state index in [0.717, 1.165) is 75.3 Å². The van der Waals surface area contributed by atoms with Gasteiger partial charge in [0.25, 0.3) is 0 Å². The highest BCUT2D eigenvalue weighted by molar-refractivity contribution is 5.49. The first-order chi connectivity index (χ1) is 13.0. The van der Waals surface area contributed by atoms with Crippen molar-refractivity contribution in [3.05, 3.63) is 35.3 Å². The monoisotopic (exact) mass is 370 g/mol. The number of hydrogen-bond donors (Lipinski definition) is 0. The topological polar surface area (TPSA) is 59.3 Å². The number of anilines is 1. The minimum absolute atomic E-state index is 0.0599. The standard InChI is InChI=1S/C20H30N6O/c1-15-16(2)22-17(3)23-19(15)26-11-12-27-20(14-26)5-8-25(9-6-20)13-18-21-7-10-24(18)4/h7,10H,5-6,8-9,11-14H2,1-4H3. The van der Waals surface area contributed by atoms with Crippen LogP contribution in [0.5, 0.6) is 0 Å². The van der Waals surface area contributed by atoms with E-state index < -0.39 is 0 Å². The largest absolute Gasteiger partial charge is 0.371 e. The van der Waals surface area contributed by atoms with Crippen molar-refractivity contribution in [1.82, 2.24) is 24.4 Å². The van der Waals surface area contributed by atoms with Crippen molar-refractivity contribution in [3.8, 4) is 0 Å². The number of nitrogens with zero attached hydrogens (tertiary/aromatic N) is 6. The van der Waals surface area contributed by atoms with E-state index in [0.29, 0.717) is 0 Å². The first-order valence-electron chi connectivity index (χ1n) is 9.85. The van der Waals surface area contributed by atoms with Crippen LogP contribution in [0, 0.1) is 20.8 Å². The summed E-state index contributed by atoms with van der Waals surface area (Å²) in [7, 11) is 2.06. The maximum atomic E-state index is 6.33. The fourth-order valence-corrected chi connectivity index (χ4v) is 4.25. The molecule has 4 heterocycles. The van der Waals surface area contributed by atoms with Crippen LogP contribution in [-0.2, 0) is 18.3 Å². The van der Waals surface area contributed by atoms with Gasteiger partial charge < -0.3 is 14.2 Å². The Labute approximate surface area is 161 Å². The smallest absolute Gasteiger partial charge is 0.135 e. The lowest BCUT2D eigenvalue weighted by Gasteiger charge is -2.47. The molecular formula is C20H30N6O. The molecule has 7 heteroatoms. The number of morpholine rings is 1.